The summed E-state index contributed by atoms with van der Waals surface area (Å²) in [6.45, 7) is 6.53. The largest absolute Gasteiger partial charge is 0.337 e. The minimum Gasteiger partial charge on any atom is -0.337 e. The second kappa shape index (κ2) is 6.88. The molecule has 4 heterocycles. The highest BCUT2D eigenvalue weighted by molar-refractivity contribution is 5.92. The van der Waals surface area contributed by atoms with Gasteiger partial charge in [0.25, 0.3) is 5.91 Å². The van der Waals surface area contributed by atoms with Crippen LogP contribution in [0.15, 0.2) is 42.9 Å². The molecule has 1 aromatic carbocycles. The second-order valence-electron chi connectivity index (χ2n) is 10.6. The van der Waals surface area contributed by atoms with E-state index in [4.69, 9.17) is 0 Å². The van der Waals surface area contributed by atoms with Gasteiger partial charge < -0.3 is 10.2 Å². The van der Waals surface area contributed by atoms with Gasteiger partial charge in [-0.25, -0.2) is 9.97 Å². The predicted octanol–water partition coefficient (Wildman–Crippen LogP) is 3.24. The molecule has 2 aliphatic heterocycles. The zero-order valence-electron chi connectivity index (χ0n) is 19.1. The molecular formula is C26H28N6O. The monoisotopic (exact) mass is 440 g/mol. The fraction of sp³-hybridized carbons (Fsp3) is 0.462. The molecule has 0 bridgehead atoms. The standard InChI is InChI=1S/C26H28N6O/c1-24(2)16-26(24,17-27)20-13-28-23-30-21(15-32(23)14-20)22(33)31-9-7-25(8-10-31)11-18-5-3-4-6-19(18)12-29-25/h3-6,13-15,29H,7-12,16H2,1-2H3. The van der Waals surface area contributed by atoms with Crippen LogP contribution in [-0.4, -0.2) is 43.8 Å². The lowest BCUT2D eigenvalue weighted by Gasteiger charge is -2.45. The SMILES string of the molecule is CC1(C)CC1(C#N)c1cnc2nc(C(=O)N3CCC4(CC3)Cc3ccccc3CN4)cn2c1. The zero-order chi connectivity index (χ0) is 22.8. The summed E-state index contributed by atoms with van der Waals surface area (Å²) in [6.07, 6.45) is 9.12. The van der Waals surface area contributed by atoms with Crippen molar-refractivity contribution >= 4 is 11.7 Å². The first kappa shape index (κ1) is 20.4. The smallest absolute Gasteiger partial charge is 0.274 e. The van der Waals surface area contributed by atoms with Crippen molar-refractivity contribution in [1.82, 2.24) is 24.6 Å². The van der Waals surface area contributed by atoms with Gasteiger partial charge in [0.05, 0.1) is 11.5 Å². The van der Waals surface area contributed by atoms with Crippen molar-refractivity contribution in [1.29, 1.82) is 5.26 Å². The maximum Gasteiger partial charge on any atom is 0.274 e. The summed E-state index contributed by atoms with van der Waals surface area (Å²) >= 11 is 0. The summed E-state index contributed by atoms with van der Waals surface area (Å²) in [7, 11) is 0. The van der Waals surface area contributed by atoms with Gasteiger partial charge >= 0.3 is 0 Å². The van der Waals surface area contributed by atoms with E-state index in [0.717, 1.165) is 37.8 Å². The van der Waals surface area contributed by atoms with Gasteiger partial charge in [-0.2, -0.15) is 5.26 Å². The van der Waals surface area contributed by atoms with Gasteiger partial charge in [0.15, 0.2) is 0 Å². The molecule has 2 aromatic heterocycles. The van der Waals surface area contributed by atoms with E-state index in [1.54, 1.807) is 16.8 Å². The molecule has 1 unspecified atom stereocenters. The first-order valence-corrected chi connectivity index (χ1v) is 11.7. The Morgan fingerprint density at radius 3 is 2.58 bits per heavy atom. The molecule has 1 saturated heterocycles. The average molecular weight is 441 g/mol. The van der Waals surface area contributed by atoms with Crippen molar-refractivity contribution in [2.45, 2.75) is 57.0 Å². The van der Waals surface area contributed by atoms with Crippen molar-refractivity contribution in [2.75, 3.05) is 13.1 Å². The van der Waals surface area contributed by atoms with E-state index >= 15 is 0 Å². The van der Waals surface area contributed by atoms with Crippen LogP contribution in [0.1, 0.15) is 60.3 Å². The summed E-state index contributed by atoms with van der Waals surface area (Å²) in [5, 5.41) is 13.5. The Bertz CT molecular complexity index is 1310. The number of imidazole rings is 1. The van der Waals surface area contributed by atoms with Crippen molar-refractivity contribution < 1.29 is 4.79 Å². The molecule has 3 aromatic rings. The number of carbonyl (C=O) groups is 1. The number of amides is 1. The minimum absolute atomic E-state index is 0.0464. The third-order valence-electron chi connectivity index (χ3n) is 8.26. The van der Waals surface area contributed by atoms with E-state index in [9.17, 15) is 10.1 Å². The number of nitrogens with zero attached hydrogens (tertiary/aromatic N) is 5. The van der Waals surface area contributed by atoms with E-state index < -0.39 is 5.41 Å². The van der Waals surface area contributed by atoms with Crippen LogP contribution in [0.3, 0.4) is 0 Å². The number of benzene rings is 1. The maximum atomic E-state index is 13.2. The van der Waals surface area contributed by atoms with Gasteiger partial charge in [0.1, 0.15) is 5.69 Å². The number of likely N-dealkylation sites (tertiary alicyclic amines) is 1. The van der Waals surface area contributed by atoms with Crippen LogP contribution < -0.4 is 5.32 Å². The Kier molecular flexibility index (Phi) is 4.25. The molecule has 168 valence electrons. The number of aromatic nitrogens is 3. The molecule has 1 spiro atoms. The Hall–Kier alpha value is -3.24. The van der Waals surface area contributed by atoms with Crippen LogP contribution >= 0.6 is 0 Å². The molecular weight excluding hydrogens is 412 g/mol. The lowest BCUT2D eigenvalue weighted by molar-refractivity contribution is 0.0626. The molecule has 7 nitrogen and oxygen atoms in total. The third kappa shape index (κ3) is 3.08. The van der Waals surface area contributed by atoms with Crippen molar-refractivity contribution in [3.8, 4) is 6.07 Å². The fourth-order valence-electron chi connectivity index (χ4n) is 5.84. The van der Waals surface area contributed by atoms with Gasteiger partial charge in [0.2, 0.25) is 5.78 Å². The number of rotatable bonds is 2. The number of nitrogens with one attached hydrogen (secondary N) is 1. The van der Waals surface area contributed by atoms with E-state index in [1.165, 1.54) is 11.1 Å². The van der Waals surface area contributed by atoms with Crippen LogP contribution in [-0.2, 0) is 18.4 Å². The molecule has 0 radical (unpaired) electrons. The highest BCUT2D eigenvalue weighted by Gasteiger charge is 2.63. The second-order valence-corrected chi connectivity index (χ2v) is 10.6. The van der Waals surface area contributed by atoms with Gasteiger partial charge in [-0.1, -0.05) is 38.1 Å². The predicted molar refractivity (Wildman–Crippen MR) is 124 cm³/mol. The number of hydrogen-bond acceptors (Lipinski definition) is 5. The third-order valence-corrected chi connectivity index (χ3v) is 8.26. The molecule has 1 atom stereocenters. The van der Waals surface area contributed by atoms with Gasteiger partial charge in [-0.15, -0.1) is 0 Å². The average Bonchev–Trinajstić information content (AvgIpc) is 3.18. The van der Waals surface area contributed by atoms with Crippen molar-refractivity contribution in [3.05, 3.63) is 65.2 Å². The van der Waals surface area contributed by atoms with Crippen LogP contribution in [0.2, 0.25) is 0 Å². The van der Waals surface area contributed by atoms with Crippen LogP contribution in [0, 0.1) is 16.7 Å². The van der Waals surface area contributed by atoms with Crippen LogP contribution in [0.5, 0.6) is 0 Å². The number of hydrogen-bond donors (Lipinski definition) is 1. The van der Waals surface area contributed by atoms with Gasteiger partial charge in [0, 0.05) is 49.3 Å². The Labute approximate surface area is 193 Å². The number of carbonyl (C=O) groups excluding carboxylic acids is 1. The first-order valence-electron chi connectivity index (χ1n) is 11.7. The molecule has 1 saturated carbocycles. The molecule has 33 heavy (non-hydrogen) atoms. The molecule has 1 amide bonds. The molecule has 6 rings (SSSR count). The number of nitriles is 1. The van der Waals surface area contributed by atoms with E-state index in [0.29, 0.717) is 24.6 Å². The topological polar surface area (TPSA) is 86.3 Å². The van der Waals surface area contributed by atoms with Crippen LogP contribution in [0.4, 0.5) is 0 Å². The Balaban J connectivity index is 1.18. The summed E-state index contributed by atoms with van der Waals surface area (Å²) < 4.78 is 1.79. The van der Waals surface area contributed by atoms with Gasteiger partial charge in [-0.3, -0.25) is 9.20 Å². The van der Waals surface area contributed by atoms with E-state index in [-0.39, 0.29) is 16.9 Å². The van der Waals surface area contributed by atoms with Crippen molar-refractivity contribution in [3.63, 3.8) is 0 Å². The summed E-state index contributed by atoms with van der Waals surface area (Å²) in [5.74, 6) is 0.447. The molecule has 1 aliphatic carbocycles. The molecule has 1 N–H and O–H groups in total. The minimum atomic E-state index is -0.505. The molecule has 2 fully saturated rings. The summed E-state index contributed by atoms with van der Waals surface area (Å²) in [6, 6.07) is 11.1. The normalized spacial score (nSPS) is 24.9. The van der Waals surface area contributed by atoms with E-state index in [2.05, 4.69) is 59.5 Å². The fourth-order valence-corrected chi connectivity index (χ4v) is 5.84. The Morgan fingerprint density at radius 1 is 1.15 bits per heavy atom. The zero-order valence-corrected chi connectivity index (χ0v) is 19.1. The number of piperidine rings is 1. The highest BCUT2D eigenvalue weighted by Crippen LogP contribution is 2.63. The van der Waals surface area contributed by atoms with Crippen LogP contribution in [0.25, 0.3) is 5.78 Å². The maximum absolute atomic E-state index is 13.2. The highest BCUT2D eigenvalue weighted by atomic mass is 16.2. The van der Waals surface area contributed by atoms with Crippen molar-refractivity contribution in [2.24, 2.45) is 5.41 Å². The molecule has 7 heteroatoms. The Morgan fingerprint density at radius 2 is 1.88 bits per heavy atom. The summed E-state index contributed by atoms with van der Waals surface area (Å²) in [4.78, 5) is 24.1. The lowest BCUT2D eigenvalue weighted by Crippen LogP contribution is -2.57. The summed E-state index contributed by atoms with van der Waals surface area (Å²) in [5.41, 5.74) is 3.62. The lowest BCUT2D eigenvalue weighted by atomic mass is 9.78. The first-order chi connectivity index (χ1) is 15.8. The molecule has 3 aliphatic rings. The van der Waals surface area contributed by atoms with Gasteiger partial charge in [-0.05, 0) is 42.2 Å². The quantitative estimate of drug-likeness (QED) is 0.661. The number of fused-ring (bicyclic) bond motifs is 2. The van der Waals surface area contributed by atoms with E-state index in [1.807, 2.05) is 11.1 Å².